The van der Waals surface area contributed by atoms with Gasteiger partial charge in [0.05, 0.1) is 13.2 Å². The predicted molar refractivity (Wildman–Crippen MR) is 90.8 cm³/mol. The number of aromatic amines is 1. The Bertz CT molecular complexity index is 946. The molecule has 1 N–H and O–H groups in total. The molecule has 0 bridgehead atoms. The van der Waals surface area contributed by atoms with Crippen LogP contribution >= 0.6 is 0 Å². The van der Waals surface area contributed by atoms with Crippen LogP contribution < -0.4 is 0 Å². The molecule has 0 saturated carbocycles. The molecule has 1 amide bonds. The molecule has 1 saturated heterocycles. The minimum Gasteiger partial charge on any atom is -0.377 e. The van der Waals surface area contributed by atoms with E-state index in [2.05, 4.69) is 9.97 Å². The van der Waals surface area contributed by atoms with Crippen molar-refractivity contribution in [2.24, 2.45) is 7.05 Å². The van der Waals surface area contributed by atoms with E-state index in [-0.39, 0.29) is 17.8 Å². The van der Waals surface area contributed by atoms with Crippen molar-refractivity contribution in [1.29, 1.82) is 0 Å². The van der Waals surface area contributed by atoms with Crippen LogP contribution in [0.3, 0.4) is 0 Å². The molecular formula is C18H19FN4O2. The van der Waals surface area contributed by atoms with E-state index in [1.54, 1.807) is 27.8 Å². The zero-order chi connectivity index (χ0) is 17.6. The normalized spacial score (nSPS) is 18.0. The van der Waals surface area contributed by atoms with Crippen LogP contribution in [-0.4, -0.2) is 45.1 Å². The number of ether oxygens (including phenoxy) is 1. The molecule has 1 aliphatic heterocycles. The second-order valence-corrected chi connectivity index (χ2v) is 6.33. The van der Waals surface area contributed by atoms with Gasteiger partial charge in [0.2, 0.25) is 0 Å². The molecular weight excluding hydrogens is 323 g/mol. The molecule has 7 heteroatoms. The molecule has 0 unspecified atom stereocenters. The van der Waals surface area contributed by atoms with Crippen molar-refractivity contribution in [3.8, 4) is 0 Å². The van der Waals surface area contributed by atoms with Gasteiger partial charge in [0, 0.05) is 36.4 Å². The summed E-state index contributed by atoms with van der Waals surface area (Å²) in [5, 5.41) is 0.713. The number of carbonyl (C=O) groups excluding carboxylic acids is 1. The van der Waals surface area contributed by atoms with Crippen LogP contribution in [-0.2, 0) is 11.8 Å². The number of hydrogen-bond donors (Lipinski definition) is 1. The third-order valence-corrected chi connectivity index (χ3v) is 4.65. The van der Waals surface area contributed by atoms with Crippen LogP contribution in [0.2, 0.25) is 0 Å². The summed E-state index contributed by atoms with van der Waals surface area (Å²) in [5.41, 5.74) is 2.28. The van der Waals surface area contributed by atoms with Gasteiger partial charge < -0.3 is 19.2 Å². The van der Waals surface area contributed by atoms with Crippen molar-refractivity contribution in [3.63, 3.8) is 0 Å². The fraction of sp³-hybridized carbons (Fsp3) is 0.333. The zero-order valence-electron chi connectivity index (χ0n) is 14.1. The largest absolute Gasteiger partial charge is 0.377 e. The second-order valence-electron chi connectivity index (χ2n) is 6.33. The molecule has 4 rings (SSSR count). The van der Waals surface area contributed by atoms with Crippen LogP contribution in [0.1, 0.15) is 28.0 Å². The van der Waals surface area contributed by atoms with Crippen molar-refractivity contribution in [3.05, 3.63) is 53.5 Å². The number of benzene rings is 1. The van der Waals surface area contributed by atoms with Crippen molar-refractivity contribution in [1.82, 2.24) is 19.4 Å². The highest BCUT2D eigenvalue weighted by Gasteiger charge is 2.32. The van der Waals surface area contributed by atoms with E-state index in [1.165, 1.54) is 12.1 Å². The summed E-state index contributed by atoms with van der Waals surface area (Å²) in [4.78, 5) is 22.5. The number of fused-ring (bicyclic) bond motifs is 1. The van der Waals surface area contributed by atoms with Gasteiger partial charge in [-0.15, -0.1) is 0 Å². The highest BCUT2D eigenvalue weighted by atomic mass is 19.1. The van der Waals surface area contributed by atoms with Gasteiger partial charge >= 0.3 is 0 Å². The minimum absolute atomic E-state index is 0.110. The topological polar surface area (TPSA) is 63.1 Å². The standard InChI is InChI=1S/C18H19FN4O2/c1-11-9-20-17(21-11)16-10-25-6-5-23(16)18(24)15-8-12-7-13(19)3-4-14(12)22(15)2/h3-4,7-9,16H,5-6,10H2,1-2H3,(H,20,21)/t16-/m0/s1. The molecule has 0 radical (unpaired) electrons. The molecule has 3 heterocycles. The number of morpholine rings is 1. The Hall–Kier alpha value is -2.67. The lowest BCUT2D eigenvalue weighted by Crippen LogP contribution is -2.44. The van der Waals surface area contributed by atoms with Crippen molar-refractivity contribution in [2.75, 3.05) is 19.8 Å². The first kappa shape index (κ1) is 15.8. The molecule has 1 aliphatic rings. The Kier molecular flexibility index (Phi) is 3.80. The van der Waals surface area contributed by atoms with Gasteiger partial charge in [-0.3, -0.25) is 4.79 Å². The van der Waals surface area contributed by atoms with Gasteiger partial charge in [-0.1, -0.05) is 0 Å². The lowest BCUT2D eigenvalue weighted by Gasteiger charge is -2.34. The number of nitrogens with zero attached hydrogens (tertiary/aromatic N) is 3. The van der Waals surface area contributed by atoms with Crippen LogP contribution in [0, 0.1) is 12.7 Å². The Labute approximate surface area is 144 Å². The highest BCUT2D eigenvalue weighted by Crippen LogP contribution is 2.27. The number of rotatable bonds is 2. The summed E-state index contributed by atoms with van der Waals surface area (Å²) in [7, 11) is 1.82. The smallest absolute Gasteiger partial charge is 0.271 e. The van der Waals surface area contributed by atoms with Crippen LogP contribution in [0.5, 0.6) is 0 Å². The molecule has 1 atom stereocenters. The molecule has 0 aliphatic carbocycles. The average molecular weight is 342 g/mol. The first-order valence-corrected chi connectivity index (χ1v) is 8.20. The number of hydrogen-bond acceptors (Lipinski definition) is 3. The lowest BCUT2D eigenvalue weighted by atomic mass is 10.2. The number of carbonyl (C=O) groups is 1. The van der Waals surface area contributed by atoms with Crippen molar-refractivity contribution >= 4 is 16.8 Å². The summed E-state index contributed by atoms with van der Waals surface area (Å²) < 4.78 is 20.8. The van der Waals surface area contributed by atoms with E-state index in [1.807, 2.05) is 14.0 Å². The second kappa shape index (κ2) is 6.00. The highest BCUT2D eigenvalue weighted by molar-refractivity contribution is 5.99. The van der Waals surface area contributed by atoms with Gasteiger partial charge in [-0.05, 0) is 31.2 Å². The SMILES string of the molecule is Cc1cnc([C@@H]2COCCN2C(=O)c2cc3cc(F)ccc3n2C)[nH]1. The van der Waals surface area contributed by atoms with Gasteiger partial charge in [0.15, 0.2) is 0 Å². The van der Waals surface area contributed by atoms with Crippen molar-refractivity contribution < 1.29 is 13.9 Å². The summed E-state index contributed by atoms with van der Waals surface area (Å²) in [5.74, 6) is 0.296. The van der Waals surface area contributed by atoms with Gasteiger partial charge in [-0.25, -0.2) is 9.37 Å². The van der Waals surface area contributed by atoms with Crippen LogP contribution in [0.4, 0.5) is 4.39 Å². The number of aryl methyl sites for hydroxylation is 2. The molecule has 0 spiro atoms. The van der Waals surface area contributed by atoms with E-state index in [0.717, 1.165) is 17.0 Å². The molecule has 1 fully saturated rings. The van der Waals surface area contributed by atoms with E-state index < -0.39 is 0 Å². The molecule has 1 aromatic carbocycles. The molecule has 2 aromatic heterocycles. The third-order valence-electron chi connectivity index (χ3n) is 4.65. The van der Waals surface area contributed by atoms with E-state index in [4.69, 9.17) is 4.74 Å². The molecule has 25 heavy (non-hydrogen) atoms. The predicted octanol–water partition coefficient (Wildman–Crippen LogP) is 2.56. The maximum atomic E-state index is 13.5. The Morgan fingerprint density at radius 1 is 1.40 bits per heavy atom. The van der Waals surface area contributed by atoms with E-state index >= 15 is 0 Å². The molecule has 130 valence electrons. The number of imidazole rings is 1. The van der Waals surface area contributed by atoms with Gasteiger partial charge in [0.25, 0.3) is 5.91 Å². The quantitative estimate of drug-likeness (QED) is 0.778. The number of H-pyrrole nitrogens is 1. The molecule has 6 nitrogen and oxygen atoms in total. The Balaban J connectivity index is 1.72. The number of amides is 1. The number of nitrogens with one attached hydrogen (secondary N) is 1. The summed E-state index contributed by atoms with van der Waals surface area (Å²) >= 11 is 0. The van der Waals surface area contributed by atoms with Gasteiger partial charge in [-0.2, -0.15) is 0 Å². The van der Waals surface area contributed by atoms with Gasteiger partial charge in [0.1, 0.15) is 23.4 Å². The number of aromatic nitrogens is 3. The first-order chi connectivity index (χ1) is 12.0. The minimum atomic E-state index is -0.313. The lowest BCUT2D eigenvalue weighted by molar-refractivity contribution is -0.00547. The average Bonchev–Trinajstić information content (AvgIpc) is 3.18. The fourth-order valence-corrected chi connectivity index (χ4v) is 3.35. The Morgan fingerprint density at radius 2 is 2.24 bits per heavy atom. The Morgan fingerprint density at radius 3 is 3.00 bits per heavy atom. The zero-order valence-corrected chi connectivity index (χ0v) is 14.1. The summed E-state index contributed by atoms with van der Waals surface area (Å²) in [6.45, 7) is 3.29. The van der Waals surface area contributed by atoms with E-state index in [9.17, 15) is 9.18 Å². The van der Waals surface area contributed by atoms with E-state index in [0.29, 0.717) is 30.8 Å². The maximum Gasteiger partial charge on any atom is 0.271 e. The van der Waals surface area contributed by atoms with Crippen LogP contribution in [0.15, 0.2) is 30.5 Å². The summed E-state index contributed by atoms with van der Waals surface area (Å²) in [6, 6.07) is 6.01. The monoisotopic (exact) mass is 342 g/mol. The summed E-state index contributed by atoms with van der Waals surface area (Å²) in [6.07, 6.45) is 1.74. The van der Waals surface area contributed by atoms with Crippen molar-refractivity contribution in [2.45, 2.75) is 13.0 Å². The molecule has 3 aromatic rings. The third kappa shape index (κ3) is 2.70. The number of halogens is 1. The van der Waals surface area contributed by atoms with Crippen LogP contribution in [0.25, 0.3) is 10.9 Å². The maximum absolute atomic E-state index is 13.5. The fourth-order valence-electron chi connectivity index (χ4n) is 3.35. The first-order valence-electron chi connectivity index (χ1n) is 8.20.